The first-order chi connectivity index (χ1) is 11.6. The number of benzene rings is 1. The number of hydrogen-bond donors (Lipinski definition) is 2. The molecule has 0 aliphatic heterocycles. The number of hydrogen-bond acceptors (Lipinski definition) is 3. The molecule has 1 unspecified atom stereocenters. The minimum Gasteiger partial charge on any atom is -0.355 e. The molecule has 1 aromatic rings. The highest BCUT2D eigenvalue weighted by Gasteiger charge is 2.18. The summed E-state index contributed by atoms with van der Waals surface area (Å²) in [4.78, 5) is 17.6. The van der Waals surface area contributed by atoms with Gasteiger partial charge in [-0.05, 0) is 38.5 Å². The van der Waals surface area contributed by atoms with Crippen LogP contribution in [0.4, 0.5) is 0 Å². The molecule has 0 aliphatic carbocycles. The molecule has 0 fully saturated rings. The summed E-state index contributed by atoms with van der Waals surface area (Å²) in [6.07, 6.45) is 0. The molecule has 0 bridgehead atoms. The lowest BCUT2D eigenvalue weighted by molar-refractivity contribution is 0.0827. The molecule has 6 nitrogen and oxygen atoms in total. The summed E-state index contributed by atoms with van der Waals surface area (Å²) in [5.41, 5.74) is 1.72. The number of aliphatic imine (C=N–C) groups is 1. The molecule has 0 saturated heterocycles. The number of amides is 1. The van der Waals surface area contributed by atoms with Gasteiger partial charge < -0.3 is 15.5 Å². The smallest absolute Gasteiger partial charge is 0.253 e. The van der Waals surface area contributed by atoms with Gasteiger partial charge in [0.25, 0.3) is 5.91 Å². The molecule has 1 rings (SSSR count). The van der Waals surface area contributed by atoms with E-state index in [1.54, 1.807) is 26.0 Å². The Morgan fingerprint density at radius 1 is 1.16 bits per heavy atom. The highest BCUT2D eigenvalue weighted by atomic mass is 32.2. The van der Waals surface area contributed by atoms with E-state index in [1.807, 2.05) is 45.0 Å². The molecule has 0 aliphatic rings. The van der Waals surface area contributed by atoms with Crippen molar-refractivity contribution in [3.05, 3.63) is 35.4 Å². The Bertz CT molecular complexity index is 619. The number of guanidine groups is 1. The predicted molar refractivity (Wildman–Crippen MR) is 105 cm³/mol. The summed E-state index contributed by atoms with van der Waals surface area (Å²) in [5.74, 6) is 1.23. The largest absolute Gasteiger partial charge is 0.355 e. The fraction of sp³-hybridized carbons (Fsp3) is 0.556. The summed E-state index contributed by atoms with van der Waals surface area (Å²) in [6.45, 7) is 7.11. The third kappa shape index (κ3) is 7.25. The number of nitrogens with one attached hydrogen (secondary N) is 2. The van der Waals surface area contributed by atoms with Gasteiger partial charge in [0.2, 0.25) is 0 Å². The summed E-state index contributed by atoms with van der Waals surface area (Å²) in [5, 5.41) is 6.39. The maximum absolute atomic E-state index is 12.0. The Morgan fingerprint density at radius 3 is 2.24 bits per heavy atom. The van der Waals surface area contributed by atoms with Crippen molar-refractivity contribution in [1.82, 2.24) is 15.5 Å². The molecule has 25 heavy (non-hydrogen) atoms. The van der Waals surface area contributed by atoms with Crippen molar-refractivity contribution in [2.75, 3.05) is 33.4 Å². The Labute approximate surface area is 153 Å². The van der Waals surface area contributed by atoms with Gasteiger partial charge in [-0.3, -0.25) is 14.0 Å². The highest BCUT2D eigenvalue weighted by molar-refractivity contribution is 7.86. The summed E-state index contributed by atoms with van der Waals surface area (Å²) in [6, 6.07) is 7.49. The maximum Gasteiger partial charge on any atom is 0.253 e. The molecular formula is C18H30N4O2S. The lowest BCUT2D eigenvalue weighted by atomic mass is 10.1. The monoisotopic (exact) mass is 366 g/mol. The van der Waals surface area contributed by atoms with E-state index in [2.05, 4.69) is 15.6 Å². The SMILES string of the molecule is CN=C(NCCS(=O)C(C)(C)C)NCc1ccc(C(=O)N(C)C)cc1. The molecule has 2 N–H and O–H groups in total. The van der Waals surface area contributed by atoms with Crippen LogP contribution in [-0.2, 0) is 17.3 Å². The van der Waals surface area contributed by atoms with Gasteiger partial charge in [-0.15, -0.1) is 0 Å². The van der Waals surface area contributed by atoms with E-state index in [-0.39, 0.29) is 10.7 Å². The van der Waals surface area contributed by atoms with Crippen LogP contribution in [0.25, 0.3) is 0 Å². The van der Waals surface area contributed by atoms with E-state index in [4.69, 9.17) is 0 Å². The van der Waals surface area contributed by atoms with Crippen LogP contribution in [0.15, 0.2) is 29.3 Å². The van der Waals surface area contributed by atoms with Crippen molar-refractivity contribution < 1.29 is 9.00 Å². The highest BCUT2D eigenvalue weighted by Crippen LogP contribution is 2.10. The average Bonchev–Trinajstić information content (AvgIpc) is 2.56. The molecule has 1 amide bonds. The molecule has 0 radical (unpaired) electrons. The van der Waals surface area contributed by atoms with Gasteiger partial charge in [0, 0.05) is 61.1 Å². The van der Waals surface area contributed by atoms with Crippen LogP contribution in [0.1, 0.15) is 36.7 Å². The first-order valence-electron chi connectivity index (χ1n) is 8.28. The molecule has 0 spiro atoms. The average molecular weight is 367 g/mol. The second-order valence-corrected chi connectivity index (χ2v) is 9.24. The quantitative estimate of drug-likeness (QED) is 0.592. The second kappa shape index (κ2) is 9.56. The van der Waals surface area contributed by atoms with E-state index in [0.29, 0.717) is 30.4 Å². The molecule has 0 heterocycles. The van der Waals surface area contributed by atoms with Gasteiger partial charge in [-0.25, -0.2) is 0 Å². The van der Waals surface area contributed by atoms with Crippen molar-refractivity contribution in [3.63, 3.8) is 0 Å². The van der Waals surface area contributed by atoms with Crippen LogP contribution in [-0.4, -0.2) is 59.2 Å². The lowest BCUT2D eigenvalue weighted by Crippen LogP contribution is -2.40. The van der Waals surface area contributed by atoms with E-state index in [9.17, 15) is 9.00 Å². The lowest BCUT2D eigenvalue weighted by Gasteiger charge is -2.18. The minimum atomic E-state index is -0.888. The van der Waals surface area contributed by atoms with Crippen molar-refractivity contribution in [3.8, 4) is 0 Å². The Kier molecular flexibility index (Phi) is 8.09. The van der Waals surface area contributed by atoms with Crippen LogP contribution in [0.3, 0.4) is 0 Å². The van der Waals surface area contributed by atoms with Crippen LogP contribution < -0.4 is 10.6 Å². The topological polar surface area (TPSA) is 73.8 Å². The Hall–Kier alpha value is -1.89. The van der Waals surface area contributed by atoms with E-state index < -0.39 is 10.8 Å². The van der Waals surface area contributed by atoms with E-state index in [1.165, 1.54) is 0 Å². The van der Waals surface area contributed by atoms with Crippen LogP contribution in [0.2, 0.25) is 0 Å². The number of carbonyl (C=O) groups is 1. The van der Waals surface area contributed by atoms with Gasteiger partial charge in [0.05, 0.1) is 0 Å². The number of carbonyl (C=O) groups excluding carboxylic acids is 1. The van der Waals surface area contributed by atoms with Gasteiger partial charge in [0.1, 0.15) is 0 Å². The Balaban J connectivity index is 2.47. The zero-order valence-electron chi connectivity index (χ0n) is 16.0. The second-order valence-electron chi connectivity index (χ2n) is 6.91. The maximum atomic E-state index is 12.0. The van der Waals surface area contributed by atoms with Gasteiger partial charge in [-0.2, -0.15) is 0 Å². The zero-order chi connectivity index (χ0) is 19.0. The predicted octanol–water partition coefficient (Wildman–Crippen LogP) is 1.60. The third-order valence-corrected chi connectivity index (χ3v) is 5.49. The van der Waals surface area contributed by atoms with Crippen molar-refractivity contribution in [2.45, 2.75) is 32.1 Å². The van der Waals surface area contributed by atoms with Crippen molar-refractivity contribution >= 4 is 22.7 Å². The van der Waals surface area contributed by atoms with Gasteiger partial charge in [-0.1, -0.05) is 12.1 Å². The molecule has 1 aromatic carbocycles. The minimum absolute atomic E-state index is 0.0103. The number of nitrogens with zero attached hydrogens (tertiary/aromatic N) is 2. The molecule has 0 aromatic heterocycles. The normalized spacial score (nSPS) is 13.3. The first-order valence-corrected chi connectivity index (χ1v) is 9.60. The molecule has 0 saturated carbocycles. The molecule has 7 heteroatoms. The standard InChI is InChI=1S/C18H30N4O2S/c1-18(2,3)25(24)12-11-20-17(19-4)21-13-14-7-9-15(10-8-14)16(23)22(5)6/h7-10H,11-13H2,1-6H3,(H2,19,20,21). The zero-order valence-corrected chi connectivity index (χ0v) is 16.9. The summed E-state index contributed by atoms with van der Waals surface area (Å²) >= 11 is 0. The van der Waals surface area contributed by atoms with E-state index in [0.717, 1.165) is 5.56 Å². The van der Waals surface area contributed by atoms with Crippen molar-refractivity contribution in [1.29, 1.82) is 0 Å². The molecular weight excluding hydrogens is 336 g/mol. The van der Waals surface area contributed by atoms with E-state index >= 15 is 0 Å². The third-order valence-electron chi connectivity index (χ3n) is 3.55. The first kappa shape index (κ1) is 21.2. The van der Waals surface area contributed by atoms with Gasteiger partial charge >= 0.3 is 0 Å². The fourth-order valence-corrected chi connectivity index (χ4v) is 2.90. The molecule has 1 atom stereocenters. The molecule has 140 valence electrons. The number of rotatable bonds is 6. The van der Waals surface area contributed by atoms with Crippen LogP contribution in [0.5, 0.6) is 0 Å². The fourth-order valence-electron chi connectivity index (χ4n) is 2.00. The van der Waals surface area contributed by atoms with Crippen LogP contribution >= 0.6 is 0 Å². The van der Waals surface area contributed by atoms with Crippen LogP contribution in [0, 0.1) is 0 Å². The Morgan fingerprint density at radius 2 is 1.76 bits per heavy atom. The summed E-state index contributed by atoms with van der Waals surface area (Å²) in [7, 11) is 4.29. The summed E-state index contributed by atoms with van der Waals surface area (Å²) < 4.78 is 11.8. The van der Waals surface area contributed by atoms with Crippen molar-refractivity contribution in [2.24, 2.45) is 4.99 Å². The van der Waals surface area contributed by atoms with Gasteiger partial charge in [0.15, 0.2) is 5.96 Å².